The highest BCUT2D eigenvalue weighted by atomic mass is 32.2. The Balaban J connectivity index is 1.87. The molecule has 7 nitrogen and oxygen atoms in total. The van der Waals surface area contributed by atoms with Crippen molar-refractivity contribution in [1.29, 1.82) is 0 Å². The summed E-state index contributed by atoms with van der Waals surface area (Å²) in [6, 6.07) is 15.6. The lowest BCUT2D eigenvalue weighted by Gasteiger charge is -2.12. The largest absolute Gasteiger partial charge is 0.341 e. The molecule has 0 fully saturated rings. The molecule has 0 saturated carbocycles. The zero-order valence-electron chi connectivity index (χ0n) is 16.6. The number of thioether (sulfide) groups is 1. The van der Waals surface area contributed by atoms with Crippen LogP contribution >= 0.6 is 11.8 Å². The number of hydrogen-bond donors (Lipinski definition) is 2. The molecular formula is C21H23N5O2S. The molecule has 29 heavy (non-hydrogen) atoms. The van der Waals surface area contributed by atoms with Crippen LogP contribution in [0.25, 0.3) is 17.1 Å². The van der Waals surface area contributed by atoms with E-state index in [0.29, 0.717) is 10.9 Å². The number of benzene rings is 2. The molecule has 0 unspecified atom stereocenters. The number of aromatic nitrogens is 3. The third-order valence-corrected chi connectivity index (χ3v) is 5.39. The van der Waals surface area contributed by atoms with Crippen molar-refractivity contribution in [1.82, 2.24) is 25.4 Å². The summed E-state index contributed by atoms with van der Waals surface area (Å²) < 4.78 is 2.00. The molecule has 2 N–H and O–H groups in total. The molecule has 8 heteroatoms. The molecule has 1 aromatic heterocycles. The summed E-state index contributed by atoms with van der Waals surface area (Å²) in [6.07, 6.45) is 0.193. The Labute approximate surface area is 173 Å². The van der Waals surface area contributed by atoms with Gasteiger partial charge in [-0.3, -0.25) is 14.7 Å². The van der Waals surface area contributed by atoms with Crippen LogP contribution in [-0.2, 0) is 4.79 Å². The number of imide groups is 1. The monoisotopic (exact) mass is 409 g/mol. The maximum atomic E-state index is 11.8. The molecule has 3 aromatic rings. The summed E-state index contributed by atoms with van der Waals surface area (Å²) in [5.41, 5.74) is 4.32. The van der Waals surface area contributed by atoms with Crippen molar-refractivity contribution in [3.63, 3.8) is 0 Å². The van der Waals surface area contributed by atoms with Crippen LogP contribution in [-0.4, -0.2) is 39.5 Å². The number of urea groups is 1. The minimum atomic E-state index is -0.510. The molecule has 0 bridgehead atoms. The van der Waals surface area contributed by atoms with Gasteiger partial charge in [-0.1, -0.05) is 48.2 Å². The van der Waals surface area contributed by atoms with Crippen LogP contribution in [0.3, 0.4) is 0 Å². The Kier molecular flexibility index (Phi) is 6.66. The highest BCUT2D eigenvalue weighted by molar-refractivity contribution is 7.99. The minimum Gasteiger partial charge on any atom is -0.341 e. The van der Waals surface area contributed by atoms with Gasteiger partial charge in [0, 0.05) is 24.8 Å². The van der Waals surface area contributed by atoms with E-state index in [0.717, 1.165) is 17.1 Å². The van der Waals surface area contributed by atoms with Crippen molar-refractivity contribution in [3.8, 4) is 17.1 Å². The fourth-order valence-electron chi connectivity index (χ4n) is 2.72. The Morgan fingerprint density at radius 3 is 2.48 bits per heavy atom. The van der Waals surface area contributed by atoms with Gasteiger partial charge in [-0.2, -0.15) is 0 Å². The molecule has 0 saturated heterocycles. The van der Waals surface area contributed by atoms with E-state index in [4.69, 9.17) is 0 Å². The van der Waals surface area contributed by atoms with Crippen molar-refractivity contribution in [3.05, 3.63) is 59.7 Å². The van der Waals surface area contributed by atoms with Gasteiger partial charge in [0.1, 0.15) is 0 Å². The molecule has 0 aliphatic carbocycles. The van der Waals surface area contributed by atoms with Crippen LogP contribution in [0.4, 0.5) is 4.79 Å². The number of nitrogens with one attached hydrogen (secondary N) is 2. The van der Waals surface area contributed by atoms with Crippen molar-refractivity contribution in [2.24, 2.45) is 0 Å². The Bertz CT molecular complexity index is 1020. The van der Waals surface area contributed by atoms with Crippen LogP contribution in [0.15, 0.2) is 53.7 Å². The zero-order valence-corrected chi connectivity index (χ0v) is 17.4. The Morgan fingerprint density at radius 1 is 1.03 bits per heavy atom. The Morgan fingerprint density at radius 2 is 1.79 bits per heavy atom. The third-order valence-electron chi connectivity index (χ3n) is 4.45. The van der Waals surface area contributed by atoms with E-state index in [9.17, 15) is 9.59 Å². The molecular weight excluding hydrogens is 386 g/mol. The van der Waals surface area contributed by atoms with E-state index in [1.165, 1.54) is 29.9 Å². The predicted molar refractivity (Wildman–Crippen MR) is 114 cm³/mol. The molecule has 0 aliphatic rings. The molecule has 3 rings (SSSR count). The quantitative estimate of drug-likeness (QED) is 0.609. The average molecular weight is 410 g/mol. The number of carbonyl (C=O) groups is 2. The molecule has 0 spiro atoms. The number of amides is 3. The first-order valence-electron chi connectivity index (χ1n) is 9.22. The normalized spacial score (nSPS) is 10.6. The van der Waals surface area contributed by atoms with Crippen LogP contribution < -0.4 is 10.6 Å². The second-order valence-electron chi connectivity index (χ2n) is 6.50. The molecule has 0 aliphatic heterocycles. The minimum absolute atomic E-state index is 0.193. The lowest BCUT2D eigenvalue weighted by atomic mass is 10.1. The lowest BCUT2D eigenvalue weighted by molar-refractivity contribution is -0.119. The first-order valence-corrected chi connectivity index (χ1v) is 10.2. The number of rotatable bonds is 6. The third kappa shape index (κ3) is 5.03. The fraction of sp³-hybridized carbons (Fsp3) is 0.238. The lowest BCUT2D eigenvalue weighted by Crippen LogP contribution is -2.37. The smallest absolute Gasteiger partial charge is 0.321 e. The second kappa shape index (κ2) is 9.38. The maximum absolute atomic E-state index is 11.8. The zero-order chi connectivity index (χ0) is 20.8. The standard InChI is InChI=1S/C21H23N5O2S/c1-14-9-10-17(13-15(14)2)26-19(16-7-5-4-6-8-16)24-25-21(26)29-12-11-18(27)23-20(28)22-3/h4-10,13H,11-12H2,1-3H3,(H2,22,23,27,28). The number of nitrogens with zero attached hydrogens (tertiary/aromatic N) is 3. The molecule has 0 radical (unpaired) electrons. The SMILES string of the molecule is CNC(=O)NC(=O)CCSc1nnc(-c2ccccc2)n1-c1ccc(C)c(C)c1. The number of hydrogen-bond acceptors (Lipinski definition) is 5. The summed E-state index contributed by atoms with van der Waals surface area (Å²) in [4.78, 5) is 23.1. The second-order valence-corrected chi connectivity index (χ2v) is 7.56. The van der Waals surface area contributed by atoms with Gasteiger partial charge in [-0.25, -0.2) is 4.79 Å². The van der Waals surface area contributed by atoms with Gasteiger partial charge in [0.25, 0.3) is 0 Å². The number of aryl methyl sites for hydroxylation is 2. The molecule has 0 atom stereocenters. The summed E-state index contributed by atoms with van der Waals surface area (Å²) in [5.74, 6) is 0.879. The van der Waals surface area contributed by atoms with Crippen molar-refractivity contribution >= 4 is 23.7 Å². The predicted octanol–water partition coefficient (Wildman–Crippen LogP) is 3.49. The topological polar surface area (TPSA) is 88.9 Å². The summed E-state index contributed by atoms with van der Waals surface area (Å²) in [7, 11) is 1.47. The van der Waals surface area contributed by atoms with Crippen LogP contribution in [0.5, 0.6) is 0 Å². The summed E-state index contributed by atoms with van der Waals surface area (Å²) >= 11 is 1.43. The van der Waals surface area contributed by atoms with Gasteiger partial charge in [0.2, 0.25) is 5.91 Å². The van der Waals surface area contributed by atoms with Crippen LogP contribution in [0, 0.1) is 13.8 Å². The molecule has 150 valence electrons. The van der Waals surface area contributed by atoms with E-state index < -0.39 is 6.03 Å². The Hall–Kier alpha value is -3.13. The molecule has 1 heterocycles. The van der Waals surface area contributed by atoms with E-state index in [-0.39, 0.29) is 12.3 Å². The first-order chi connectivity index (χ1) is 14.0. The van der Waals surface area contributed by atoms with Gasteiger partial charge >= 0.3 is 6.03 Å². The van der Waals surface area contributed by atoms with E-state index in [2.05, 4.69) is 46.8 Å². The average Bonchev–Trinajstić information content (AvgIpc) is 3.14. The van der Waals surface area contributed by atoms with E-state index >= 15 is 0 Å². The van der Waals surface area contributed by atoms with Crippen LogP contribution in [0.1, 0.15) is 17.5 Å². The first kappa shape index (κ1) is 20.6. The van der Waals surface area contributed by atoms with E-state index in [1.807, 2.05) is 41.0 Å². The highest BCUT2D eigenvalue weighted by Crippen LogP contribution is 2.29. The molecule has 3 amide bonds. The maximum Gasteiger partial charge on any atom is 0.321 e. The summed E-state index contributed by atoms with van der Waals surface area (Å²) in [6.45, 7) is 4.14. The highest BCUT2D eigenvalue weighted by Gasteiger charge is 2.17. The van der Waals surface area contributed by atoms with Gasteiger partial charge in [-0.05, 0) is 37.1 Å². The fourth-order valence-corrected chi connectivity index (χ4v) is 3.61. The van der Waals surface area contributed by atoms with Gasteiger partial charge in [0.15, 0.2) is 11.0 Å². The van der Waals surface area contributed by atoms with Crippen molar-refractivity contribution in [2.75, 3.05) is 12.8 Å². The van der Waals surface area contributed by atoms with Crippen LogP contribution in [0.2, 0.25) is 0 Å². The van der Waals surface area contributed by atoms with E-state index in [1.54, 1.807) is 0 Å². The van der Waals surface area contributed by atoms with Gasteiger partial charge in [0.05, 0.1) is 5.69 Å². The molecule has 2 aromatic carbocycles. The van der Waals surface area contributed by atoms with Gasteiger partial charge < -0.3 is 5.32 Å². The van der Waals surface area contributed by atoms with Gasteiger partial charge in [-0.15, -0.1) is 10.2 Å². The van der Waals surface area contributed by atoms with Crippen molar-refractivity contribution < 1.29 is 9.59 Å². The van der Waals surface area contributed by atoms with Crippen molar-refractivity contribution in [2.45, 2.75) is 25.4 Å². The number of carbonyl (C=O) groups excluding carboxylic acids is 2. The summed E-state index contributed by atoms with van der Waals surface area (Å²) in [5, 5.41) is 14.1.